The summed E-state index contributed by atoms with van der Waals surface area (Å²) in [7, 11) is 0. The van der Waals surface area contributed by atoms with Crippen molar-refractivity contribution in [1.82, 2.24) is 14.5 Å². The molecular weight excluding hydrogens is 248 g/mol. The topological polar surface area (TPSA) is 101 Å². The van der Waals surface area contributed by atoms with E-state index < -0.39 is 17.4 Å². The van der Waals surface area contributed by atoms with Gasteiger partial charge in [0, 0.05) is 24.8 Å². The second-order valence-electron chi connectivity index (χ2n) is 5.24. The Morgan fingerprint density at radius 1 is 1.47 bits per heavy atom. The Morgan fingerprint density at radius 2 is 2.11 bits per heavy atom. The maximum Gasteiger partial charge on any atom is 0.323 e. The third-order valence-corrected chi connectivity index (χ3v) is 2.59. The van der Waals surface area contributed by atoms with E-state index in [0.29, 0.717) is 13.1 Å². The van der Waals surface area contributed by atoms with Crippen LogP contribution >= 0.6 is 0 Å². The molecule has 0 aliphatic carbocycles. The summed E-state index contributed by atoms with van der Waals surface area (Å²) in [5, 5.41) is 8.90. The summed E-state index contributed by atoms with van der Waals surface area (Å²) in [5.41, 5.74) is 5.06. The molecule has 0 radical (unpaired) electrons. The van der Waals surface area contributed by atoms with Crippen LogP contribution in [-0.2, 0) is 11.3 Å². The van der Waals surface area contributed by atoms with Gasteiger partial charge in [0.15, 0.2) is 0 Å². The SMILES string of the molecule is CC(C)(C)N(CC(=O)O)C(=O)c1cn(CCN)cn1. The van der Waals surface area contributed by atoms with E-state index in [-0.39, 0.29) is 12.2 Å². The number of hydrogen-bond donors (Lipinski definition) is 2. The van der Waals surface area contributed by atoms with Gasteiger partial charge in [-0.1, -0.05) is 0 Å². The van der Waals surface area contributed by atoms with Crippen molar-refractivity contribution in [2.24, 2.45) is 5.73 Å². The van der Waals surface area contributed by atoms with E-state index in [0.717, 1.165) is 0 Å². The number of carbonyl (C=O) groups is 2. The molecule has 0 saturated heterocycles. The standard InChI is InChI=1S/C12H20N4O3/c1-12(2,3)16(7-10(17)18)11(19)9-6-15(5-4-13)8-14-9/h6,8H,4-5,7,13H2,1-3H3,(H,17,18). The predicted octanol–water partition coefficient (Wildman–Crippen LogP) is 0.167. The smallest absolute Gasteiger partial charge is 0.323 e. The van der Waals surface area contributed by atoms with Gasteiger partial charge >= 0.3 is 5.97 Å². The zero-order valence-corrected chi connectivity index (χ0v) is 11.5. The van der Waals surface area contributed by atoms with Crippen molar-refractivity contribution in [3.63, 3.8) is 0 Å². The lowest BCUT2D eigenvalue weighted by Crippen LogP contribution is -2.48. The van der Waals surface area contributed by atoms with Crippen LogP contribution in [-0.4, -0.2) is 50.1 Å². The molecule has 3 N–H and O–H groups in total. The highest BCUT2D eigenvalue weighted by atomic mass is 16.4. The first-order chi connectivity index (χ1) is 8.75. The number of aliphatic carboxylic acids is 1. The zero-order valence-electron chi connectivity index (χ0n) is 11.5. The van der Waals surface area contributed by atoms with E-state index in [1.54, 1.807) is 31.5 Å². The van der Waals surface area contributed by atoms with Gasteiger partial charge in [-0.25, -0.2) is 4.98 Å². The number of hydrogen-bond acceptors (Lipinski definition) is 4. The maximum absolute atomic E-state index is 12.3. The van der Waals surface area contributed by atoms with Crippen molar-refractivity contribution < 1.29 is 14.7 Å². The van der Waals surface area contributed by atoms with Crippen LogP contribution in [0.3, 0.4) is 0 Å². The Morgan fingerprint density at radius 3 is 2.58 bits per heavy atom. The van der Waals surface area contributed by atoms with Gasteiger partial charge in [-0.15, -0.1) is 0 Å². The Kier molecular flexibility index (Phi) is 4.66. The van der Waals surface area contributed by atoms with Crippen molar-refractivity contribution in [2.75, 3.05) is 13.1 Å². The average Bonchev–Trinajstić information content (AvgIpc) is 2.72. The van der Waals surface area contributed by atoms with Crippen LogP contribution in [0.15, 0.2) is 12.5 Å². The van der Waals surface area contributed by atoms with Gasteiger partial charge < -0.3 is 20.3 Å². The summed E-state index contributed by atoms with van der Waals surface area (Å²) in [5.74, 6) is -1.45. The fourth-order valence-electron chi connectivity index (χ4n) is 1.63. The maximum atomic E-state index is 12.3. The number of rotatable bonds is 5. The number of carbonyl (C=O) groups excluding carboxylic acids is 1. The Bertz CT molecular complexity index is 462. The number of carboxylic acids is 1. The number of nitrogens with two attached hydrogens (primary N) is 1. The molecule has 1 aromatic heterocycles. The molecule has 0 aliphatic heterocycles. The quantitative estimate of drug-likeness (QED) is 0.792. The van der Waals surface area contributed by atoms with Crippen LogP contribution < -0.4 is 5.73 Å². The van der Waals surface area contributed by atoms with Gasteiger partial charge in [0.2, 0.25) is 0 Å². The van der Waals surface area contributed by atoms with Crippen LogP contribution in [0.4, 0.5) is 0 Å². The highest BCUT2D eigenvalue weighted by molar-refractivity contribution is 5.94. The number of aromatic nitrogens is 2. The molecule has 0 unspecified atom stereocenters. The lowest BCUT2D eigenvalue weighted by atomic mass is 10.1. The summed E-state index contributed by atoms with van der Waals surface area (Å²) in [4.78, 5) is 28.4. The first kappa shape index (κ1) is 15.2. The molecule has 7 heteroatoms. The fourth-order valence-corrected chi connectivity index (χ4v) is 1.63. The molecule has 19 heavy (non-hydrogen) atoms. The van der Waals surface area contributed by atoms with Gasteiger partial charge in [0.1, 0.15) is 12.2 Å². The number of nitrogens with zero attached hydrogens (tertiary/aromatic N) is 3. The molecule has 1 heterocycles. The van der Waals surface area contributed by atoms with Crippen LogP contribution in [0.5, 0.6) is 0 Å². The normalized spacial score (nSPS) is 11.4. The summed E-state index contributed by atoms with van der Waals surface area (Å²) in [6.45, 7) is 6.00. The molecule has 1 aromatic rings. The minimum atomic E-state index is -1.05. The largest absolute Gasteiger partial charge is 0.480 e. The van der Waals surface area contributed by atoms with Crippen molar-refractivity contribution in [3.8, 4) is 0 Å². The molecular formula is C12H20N4O3. The Balaban J connectivity index is 2.95. The summed E-state index contributed by atoms with van der Waals surface area (Å²) < 4.78 is 1.70. The van der Waals surface area contributed by atoms with Gasteiger partial charge in [-0.3, -0.25) is 9.59 Å². The first-order valence-electron chi connectivity index (χ1n) is 6.01. The molecule has 0 fully saturated rings. The minimum Gasteiger partial charge on any atom is -0.480 e. The third-order valence-electron chi connectivity index (χ3n) is 2.59. The zero-order chi connectivity index (χ0) is 14.6. The van der Waals surface area contributed by atoms with E-state index >= 15 is 0 Å². The molecule has 0 spiro atoms. The Hall–Kier alpha value is -1.89. The van der Waals surface area contributed by atoms with Crippen LogP contribution in [0.25, 0.3) is 0 Å². The highest BCUT2D eigenvalue weighted by Gasteiger charge is 2.30. The van der Waals surface area contributed by atoms with Gasteiger partial charge in [0.05, 0.1) is 6.33 Å². The van der Waals surface area contributed by atoms with E-state index in [1.807, 2.05) is 0 Å². The lowest BCUT2D eigenvalue weighted by molar-refractivity contribution is -0.138. The van der Waals surface area contributed by atoms with Crippen LogP contribution in [0.2, 0.25) is 0 Å². The monoisotopic (exact) mass is 268 g/mol. The number of carboxylic acid groups (broad SMARTS) is 1. The summed E-state index contributed by atoms with van der Waals surface area (Å²) in [6.07, 6.45) is 3.09. The van der Waals surface area contributed by atoms with E-state index in [9.17, 15) is 9.59 Å². The average molecular weight is 268 g/mol. The Labute approximate surface area is 112 Å². The third kappa shape index (κ3) is 4.06. The molecule has 0 bridgehead atoms. The van der Waals surface area contributed by atoms with Crippen LogP contribution in [0.1, 0.15) is 31.3 Å². The van der Waals surface area contributed by atoms with Gasteiger partial charge in [0.25, 0.3) is 5.91 Å². The molecule has 0 aliphatic rings. The molecule has 106 valence electrons. The van der Waals surface area contributed by atoms with E-state index in [1.165, 1.54) is 11.2 Å². The predicted molar refractivity (Wildman–Crippen MR) is 69.7 cm³/mol. The van der Waals surface area contributed by atoms with Gasteiger partial charge in [-0.2, -0.15) is 0 Å². The molecule has 0 saturated carbocycles. The summed E-state index contributed by atoms with van der Waals surface area (Å²) in [6, 6.07) is 0. The van der Waals surface area contributed by atoms with E-state index in [2.05, 4.69) is 4.98 Å². The van der Waals surface area contributed by atoms with Gasteiger partial charge in [-0.05, 0) is 20.8 Å². The molecule has 0 atom stereocenters. The molecule has 7 nitrogen and oxygen atoms in total. The lowest BCUT2D eigenvalue weighted by Gasteiger charge is -2.33. The molecule has 1 rings (SSSR count). The fraction of sp³-hybridized carbons (Fsp3) is 0.583. The number of imidazole rings is 1. The summed E-state index contributed by atoms with van der Waals surface area (Å²) >= 11 is 0. The number of amides is 1. The van der Waals surface area contributed by atoms with Crippen molar-refractivity contribution in [3.05, 3.63) is 18.2 Å². The molecule has 0 aromatic carbocycles. The first-order valence-corrected chi connectivity index (χ1v) is 6.01. The van der Waals surface area contributed by atoms with Crippen LogP contribution in [0, 0.1) is 0 Å². The van der Waals surface area contributed by atoms with E-state index in [4.69, 9.17) is 10.8 Å². The second kappa shape index (κ2) is 5.83. The van der Waals surface area contributed by atoms with Crippen molar-refractivity contribution in [1.29, 1.82) is 0 Å². The minimum absolute atomic E-state index is 0.227. The highest BCUT2D eigenvalue weighted by Crippen LogP contribution is 2.16. The second-order valence-corrected chi connectivity index (χ2v) is 5.24. The van der Waals surface area contributed by atoms with Crippen molar-refractivity contribution >= 4 is 11.9 Å². The van der Waals surface area contributed by atoms with Crippen molar-refractivity contribution in [2.45, 2.75) is 32.9 Å². The molecule has 1 amide bonds.